The third kappa shape index (κ3) is 3.45. The number of carbonyl (C=O) groups is 1. The van der Waals surface area contributed by atoms with Crippen molar-refractivity contribution in [2.45, 2.75) is 13.0 Å². The molecule has 24 heavy (non-hydrogen) atoms. The number of ether oxygens (including phenoxy) is 3. The van der Waals surface area contributed by atoms with Crippen molar-refractivity contribution >= 4 is 5.91 Å². The zero-order valence-corrected chi connectivity index (χ0v) is 13.9. The Hall–Kier alpha value is -2.69. The van der Waals surface area contributed by atoms with E-state index >= 15 is 0 Å². The molecule has 5 heteroatoms. The standard InChI is InChI=1S/C19H21NO4/c1-22-16-7-8-17(23-2)14(10-16)11-20-19(21)15-9-13-5-3-4-6-18(13)24-12-15/h3-8,10,15H,9,11-12H2,1-2H3,(H,20,21)/t15-/m1/s1. The van der Waals surface area contributed by atoms with Gasteiger partial charge in [0.15, 0.2) is 0 Å². The fourth-order valence-electron chi connectivity index (χ4n) is 2.84. The fourth-order valence-corrected chi connectivity index (χ4v) is 2.84. The van der Waals surface area contributed by atoms with Crippen LogP contribution in [0, 0.1) is 5.92 Å². The van der Waals surface area contributed by atoms with Gasteiger partial charge in [-0.25, -0.2) is 0 Å². The molecule has 0 fully saturated rings. The lowest BCUT2D eigenvalue weighted by molar-refractivity contribution is -0.126. The van der Waals surface area contributed by atoms with E-state index in [4.69, 9.17) is 14.2 Å². The second kappa shape index (κ2) is 7.25. The van der Waals surface area contributed by atoms with E-state index in [0.29, 0.717) is 19.6 Å². The van der Waals surface area contributed by atoms with Crippen LogP contribution in [0.3, 0.4) is 0 Å². The Kier molecular flexibility index (Phi) is 4.89. The van der Waals surface area contributed by atoms with Crippen LogP contribution in [0.25, 0.3) is 0 Å². The molecular formula is C19H21NO4. The van der Waals surface area contributed by atoms with Gasteiger partial charge in [-0.2, -0.15) is 0 Å². The molecule has 126 valence electrons. The van der Waals surface area contributed by atoms with Gasteiger partial charge in [-0.15, -0.1) is 0 Å². The van der Waals surface area contributed by atoms with Crippen LogP contribution < -0.4 is 19.5 Å². The molecule has 1 aliphatic rings. The van der Waals surface area contributed by atoms with Gasteiger partial charge < -0.3 is 19.5 Å². The number of para-hydroxylation sites is 1. The van der Waals surface area contributed by atoms with Crippen LogP contribution in [-0.2, 0) is 17.8 Å². The van der Waals surface area contributed by atoms with Crippen molar-refractivity contribution in [3.8, 4) is 17.2 Å². The number of fused-ring (bicyclic) bond motifs is 1. The number of hydrogen-bond donors (Lipinski definition) is 1. The second-order valence-electron chi connectivity index (χ2n) is 5.72. The normalized spacial score (nSPS) is 15.8. The van der Waals surface area contributed by atoms with Crippen molar-refractivity contribution in [3.05, 3.63) is 53.6 Å². The average molecular weight is 327 g/mol. The predicted molar refractivity (Wildman–Crippen MR) is 90.5 cm³/mol. The van der Waals surface area contributed by atoms with E-state index in [9.17, 15) is 4.79 Å². The van der Waals surface area contributed by atoms with Crippen LogP contribution in [0.5, 0.6) is 17.2 Å². The number of carbonyl (C=O) groups excluding carboxylic acids is 1. The first-order valence-corrected chi connectivity index (χ1v) is 7.90. The van der Waals surface area contributed by atoms with Gasteiger partial charge in [0, 0.05) is 12.1 Å². The molecule has 0 saturated heterocycles. The Balaban J connectivity index is 1.64. The summed E-state index contributed by atoms with van der Waals surface area (Å²) in [6.07, 6.45) is 0.692. The fraction of sp³-hybridized carbons (Fsp3) is 0.316. The van der Waals surface area contributed by atoms with E-state index in [-0.39, 0.29) is 11.8 Å². The number of methoxy groups -OCH3 is 2. The topological polar surface area (TPSA) is 56.8 Å². The molecule has 0 saturated carbocycles. The van der Waals surface area contributed by atoms with Crippen molar-refractivity contribution in [2.24, 2.45) is 5.92 Å². The third-order valence-electron chi connectivity index (χ3n) is 4.19. The first-order chi connectivity index (χ1) is 11.7. The molecule has 0 radical (unpaired) electrons. The molecule has 0 spiro atoms. The maximum Gasteiger partial charge on any atom is 0.227 e. The van der Waals surface area contributed by atoms with E-state index in [0.717, 1.165) is 28.4 Å². The Bertz CT molecular complexity index is 729. The molecule has 3 rings (SSSR count). The molecular weight excluding hydrogens is 306 g/mol. The number of amides is 1. The van der Waals surface area contributed by atoms with E-state index in [1.165, 1.54) is 0 Å². The summed E-state index contributed by atoms with van der Waals surface area (Å²) in [4.78, 5) is 12.5. The maximum atomic E-state index is 12.5. The SMILES string of the molecule is COc1ccc(OC)c(CNC(=O)[C@H]2COc3ccccc3C2)c1. The highest BCUT2D eigenvalue weighted by Crippen LogP contribution is 2.27. The van der Waals surface area contributed by atoms with Crippen LogP contribution in [-0.4, -0.2) is 26.7 Å². The Morgan fingerprint density at radius 2 is 2.04 bits per heavy atom. The van der Waals surface area contributed by atoms with Gasteiger partial charge in [0.25, 0.3) is 0 Å². The highest BCUT2D eigenvalue weighted by atomic mass is 16.5. The van der Waals surface area contributed by atoms with Gasteiger partial charge in [-0.3, -0.25) is 4.79 Å². The minimum absolute atomic E-state index is 0.0191. The van der Waals surface area contributed by atoms with Crippen molar-refractivity contribution in [3.63, 3.8) is 0 Å². The van der Waals surface area contributed by atoms with Crippen LogP contribution in [0.2, 0.25) is 0 Å². The molecule has 5 nitrogen and oxygen atoms in total. The number of nitrogens with one attached hydrogen (secondary N) is 1. The van der Waals surface area contributed by atoms with Crippen LogP contribution >= 0.6 is 0 Å². The van der Waals surface area contributed by atoms with Crippen molar-refractivity contribution in [1.29, 1.82) is 0 Å². The summed E-state index contributed by atoms with van der Waals surface area (Å²) in [7, 11) is 3.22. The van der Waals surface area contributed by atoms with Crippen LogP contribution in [0.1, 0.15) is 11.1 Å². The molecule has 0 aliphatic carbocycles. The molecule has 1 amide bonds. The minimum Gasteiger partial charge on any atom is -0.497 e. The lowest BCUT2D eigenvalue weighted by Crippen LogP contribution is -2.37. The third-order valence-corrected chi connectivity index (χ3v) is 4.19. The summed E-state index contributed by atoms with van der Waals surface area (Å²) in [6.45, 7) is 0.787. The van der Waals surface area contributed by atoms with Crippen LogP contribution in [0.15, 0.2) is 42.5 Å². The second-order valence-corrected chi connectivity index (χ2v) is 5.72. The minimum atomic E-state index is -0.184. The summed E-state index contributed by atoms with van der Waals surface area (Å²) in [6, 6.07) is 13.4. The summed E-state index contributed by atoms with van der Waals surface area (Å²) in [5.41, 5.74) is 1.95. The zero-order valence-electron chi connectivity index (χ0n) is 13.9. The lowest BCUT2D eigenvalue weighted by atomic mass is 9.96. The van der Waals surface area contributed by atoms with E-state index in [2.05, 4.69) is 5.32 Å². The summed E-state index contributed by atoms with van der Waals surface area (Å²) in [5, 5.41) is 2.97. The summed E-state index contributed by atoms with van der Waals surface area (Å²) >= 11 is 0. The Morgan fingerprint density at radius 1 is 1.21 bits per heavy atom. The average Bonchev–Trinajstić information content (AvgIpc) is 2.65. The summed E-state index contributed by atoms with van der Waals surface area (Å²) in [5.74, 6) is 2.12. The van der Waals surface area contributed by atoms with Gasteiger partial charge in [-0.1, -0.05) is 18.2 Å². The predicted octanol–water partition coefficient (Wildman–Crippen LogP) is 2.57. The molecule has 1 atom stereocenters. The van der Waals surface area contributed by atoms with E-state index in [1.807, 2.05) is 42.5 Å². The smallest absolute Gasteiger partial charge is 0.227 e. The molecule has 2 aromatic carbocycles. The lowest BCUT2D eigenvalue weighted by Gasteiger charge is -2.24. The van der Waals surface area contributed by atoms with Crippen molar-refractivity contribution in [2.75, 3.05) is 20.8 Å². The first kappa shape index (κ1) is 16.2. The molecule has 0 unspecified atom stereocenters. The molecule has 1 N–H and O–H groups in total. The van der Waals surface area contributed by atoms with Gasteiger partial charge in [0.05, 0.1) is 20.1 Å². The van der Waals surface area contributed by atoms with Gasteiger partial charge >= 0.3 is 0 Å². The van der Waals surface area contributed by atoms with E-state index < -0.39 is 0 Å². The molecule has 0 bridgehead atoms. The molecule has 0 aromatic heterocycles. The number of hydrogen-bond acceptors (Lipinski definition) is 4. The number of benzene rings is 2. The highest BCUT2D eigenvalue weighted by Gasteiger charge is 2.25. The Morgan fingerprint density at radius 3 is 2.83 bits per heavy atom. The van der Waals surface area contributed by atoms with Gasteiger partial charge in [-0.05, 0) is 36.2 Å². The van der Waals surface area contributed by atoms with Gasteiger partial charge in [0.2, 0.25) is 5.91 Å². The Labute approximate surface area is 141 Å². The monoisotopic (exact) mass is 327 g/mol. The first-order valence-electron chi connectivity index (χ1n) is 7.90. The van der Waals surface area contributed by atoms with Crippen molar-refractivity contribution < 1.29 is 19.0 Å². The largest absolute Gasteiger partial charge is 0.497 e. The zero-order chi connectivity index (χ0) is 16.9. The highest BCUT2D eigenvalue weighted by molar-refractivity contribution is 5.79. The quantitative estimate of drug-likeness (QED) is 0.917. The summed E-state index contributed by atoms with van der Waals surface area (Å²) < 4.78 is 16.3. The van der Waals surface area contributed by atoms with E-state index in [1.54, 1.807) is 14.2 Å². The van der Waals surface area contributed by atoms with Gasteiger partial charge in [0.1, 0.15) is 23.9 Å². The maximum absolute atomic E-state index is 12.5. The molecule has 1 heterocycles. The number of rotatable bonds is 5. The molecule has 1 aliphatic heterocycles. The van der Waals surface area contributed by atoms with Crippen LogP contribution in [0.4, 0.5) is 0 Å². The van der Waals surface area contributed by atoms with Crippen molar-refractivity contribution in [1.82, 2.24) is 5.32 Å². The molecule has 2 aromatic rings.